The molecule has 0 radical (unpaired) electrons. The standard InChI is InChI=1S/C18H17N5O2S/c1-12-15(16(24)20-11-14-9-5-6-10-19-14)26-18(21-12)23-17(25)22-13-7-3-2-4-8-13/h2-10H,11H2,1H3,(H,20,24)(H2,21,22,23,25). The van der Waals surface area contributed by atoms with Crippen LogP contribution in [0.5, 0.6) is 0 Å². The molecule has 0 unspecified atom stereocenters. The topological polar surface area (TPSA) is 96.0 Å². The Kier molecular flexibility index (Phi) is 5.55. The fourth-order valence-electron chi connectivity index (χ4n) is 2.20. The number of nitrogens with one attached hydrogen (secondary N) is 3. The highest BCUT2D eigenvalue weighted by molar-refractivity contribution is 7.17. The molecule has 0 fully saturated rings. The minimum Gasteiger partial charge on any atom is -0.346 e. The van der Waals surface area contributed by atoms with Crippen LogP contribution in [0.25, 0.3) is 0 Å². The van der Waals surface area contributed by atoms with E-state index in [0.717, 1.165) is 17.0 Å². The number of aryl methyl sites for hydroxylation is 1. The smallest absolute Gasteiger partial charge is 0.325 e. The lowest BCUT2D eigenvalue weighted by Crippen LogP contribution is -2.23. The summed E-state index contributed by atoms with van der Waals surface area (Å²) < 4.78 is 0. The number of thiazole rings is 1. The lowest BCUT2D eigenvalue weighted by Gasteiger charge is -2.04. The summed E-state index contributed by atoms with van der Waals surface area (Å²) in [7, 11) is 0. The molecule has 7 nitrogen and oxygen atoms in total. The molecule has 0 aliphatic rings. The van der Waals surface area contributed by atoms with E-state index < -0.39 is 6.03 Å². The van der Waals surface area contributed by atoms with Gasteiger partial charge in [-0.1, -0.05) is 35.6 Å². The Morgan fingerprint density at radius 3 is 2.54 bits per heavy atom. The van der Waals surface area contributed by atoms with Crippen molar-refractivity contribution in [3.05, 3.63) is 71.0 Å². The molecule has 3 N–H and O–H groups in total. The Bertz CT molecular complexity index is 896. The van der Waals surface area contributed by atoms with Crippen LogP contribution in [-0.4, -0.2) is 21.9 Å². The molecule has 2 heterocycles. The maximum Gasteiger partial charge on any atom is 0.325 e. The van der Waals surface area contributed by atoms with Crippen molar-refractivity contribution in [1.82, 2.24) is 15.3 Å². The van der Waals surface area contributed by atoms with Crippen LogP contribution in [-0.2, 0) is 6.54 Å². The van der Waals surface area contributed by atoms with E-state index in [2.05, 4.69) is 25.9 Å². The molecule has 3 aromatic rings. The Morgan fingerprint density at radius 1 is 1.04 bits per heavy atom. The number of aromatic nitrogens is 2. The van der Waals surface area contributed by atoms with Crippen LogP contribution in [0.2, 0.25) is 0 Å². The lowest BCUT2D eigenvalue weighted by atomic mass is 10.3. The summed E-state index contributed by atoms with van der Waals surface area (Å²) in [4.78, 5) is 33.2. The highest BCUT2D eigenvalue weighted by Crippen LogP contribution is 2.22. The summed E-state index contributed by atoms with van der Waals surface area (Å²) in [5.41, 5.74) is 2.00. The van der Waals surface area contributed by atoms with Crippen molar-refractivity contribution in [3.8, 4) is 0 Å². The fraction of sp³-hybridized carbons (Fsp3) is 0.111. The summed E-state index contributed by atoms with van der Waals surface area (Å²) >= 11 is 1.13. The van der Waals surface area contributed by atoms with E-state index in [1.165, 1.54) is 0 Å². The second-order valence-corrected chi connectivity index (χ2v) is 6.38. The van der Waals surface area contributed by atoms with Crippen molar-refractivity contribution in [2.24, 2.45) is 0 Å². The Balaban J connectivity index is 1.59. The first kappa shape index (κ1) is 17.6. The van der Waals surface area contributed by atoms with Crippen LogP contribution < -0.4 is 16.0 Å². The van der Waals surface area contributed by atoms with Crippen LogP contribution in [0.1, 0.15) is 21.1 Å². The number of para-hydroxylation sites is 1. The van der Waals surface area contributed by atoms with E-state index in [1.54, 1.807) is 25.3 Å². The van der Waals surface area contributed by atoms with Crippen molar-refractivity contribution in [2.45, 2.75) is 13.5 Å². The van der Waals surface area contributed by atoms with Gasteiger partial charge in [0.1, 0.15) is 4.88 Å². The molecule has 0 saturated carbocycles. The predicted molar refractivity (Wildman–Crippen MR) is 101 cm³/mol. The number of pyridine rings is 1. The molecule has 26 heavy (non-hydrogen) atoms. The first-order valence-electron chi connectivity index (χ1n) is 7.90. The lowest BCUT2D eigenvalue weighted by molar-refractivity contribution is 0.0953. The van der Waals surface area contributed by atoms with E-state index in [1.807, 2.05) is 36.4 Å². The Hall–Kier alpha value is -3.26. The number of hydrogen-bond donors (Lipinski definition) is 3. The van der Waals surface area contributed by atoms with Gasteiger partial charge in [-0.2, -0.15) is 0 Å². The minimum absolute atomic E-state index is 0.248. The summed E-state index contributed by atoms with van der Waals surface area (Å²) in [6.07, 6.45) is 1.67. The zero-order valence-corrected chi connectivity index (χ0v) is 14.8. The summed E-state index contributed by atoms with van der Waals surface area (Å²) in [5, 5.41) is 8.51. The quantitative estimate of drug-likeness (QED) is 0.644. The van der Waals surface area contributed by atoms with Crippen LogP contribution in [0.3, 0.4) is 0 Å². The van der Waals surface area contributed by atoms with Gasteiger partial charge < -0.3 is 10.6 Å². The number of anilines is 2. The van der Waals surface area contributed by atoms with Crippen molar-refractivity contribution in [2.75, 3.05) is 10.6 Å². The molecule has 0 atom stereocenters. The third-order valence-electron chi connectivity index (χ3n) is 3.41. The second kappa shape index (κ2) is 8.21. The maximum atomic E-state index is 12.3. The maximum absolute atomic E-state index is 12.3. The van der Waals surface area contributed by atoms with Gasteiger partial charge in [-0.15, -0.1) is 0 Å². The Morgan fingerprint density at radius 2 is 1.81 bits per heavy atom. The number of carbonyl (C=O) groups is 2. The van der Waals surface area contributed by atoms with Gasteiger partial charge in [0.2, 0.25) is 0 Å². The SMILES string of the molecule is Cc1nc(NC(=O)Nc2ccccc2)sc1C(=O)NCc1ccccn1. The normalized spacial score (nSPS) is 10.2. The Labute approximate surface area is 154 Å². The average molecular weight is 367 g/mol. The number of rotatable bonds is 5. The van der Waals surface area contributed by atoms with Crippen molar-refractivity contribution in [1.29, 1.82) is 0 Å². The van der Waals surface area contributed by atoms with E-state index in [-0.39, 0.29) is 5.91 Å². The third kappa shape index (κ3) is 4.64. The highest BCUT2D eigenvalue weighted by atomic mass is 32.1. The molecule has 0 spiro atoms. The molecule has 0 bridgehead atoms. The first-order valence-corrected chi connectivity index (χ1v) is 8.72. The van der Waals surface area contributed by atoms with Gasteiger partial charge in [-0.3, -0.25) is 15.1 Å². The van der Waals surface area contributed by atoms with Crippen LogP contribution >= 0.6 is 11.3 Å². The molecular formula is C18H17N5O2S. The van der Waals surface area contributed by atoms with Gasteiger partial charge in [0.25, 0.3) is 5.91 Å². The van der Waals surface area contributed by atoms with Gasteiger partial charge in [0.05, 0.1) is 17.9 Å². The van der Waals surface area contributed by atoms with Crippen molar-refractivity contribution in [3.63, 3.8) is 0 Å². The molecule has 2 aromatic heterocycles. The van der Waals surface area contributed by atoms with Gasteiger partial charge in [-0.25, -0.2) is 9.78 Å². The highest BCUT2D eigenvalue weighted by Gasteiger charge is 2.16. The van der Waals surface area contributed by atoms with E-state index in [9.17, 15) is 9.59 Å². The molecule has 1 aromatic carbocycles. The van der Waals surface area contributed by atoms with Gasteiger partial charge in [0, 0.05) is 11.9 Å². The molecule has 132 valence electrons. The number of amides is 3. The number of urea groups is 1. The number of nitrogens with zero attached hydrogens (tertiary/aromatic N) is 2. The van der Waals surface area contributed by atoms with E-state index in [0.29, 0.717) is 27.9 Å². The minimum atomic E-state index is -0.412. The fourth-order valence-corrected chi connectivity index (χ4v) is 3.07. The zero-order valence-electron chi connectivity index (χ0n) is 14.0. The van der Waals surface area contributed by atoms with Gasteiger partial charge >= 0.3 is 6.03 Å². The number of carbonyl (C=O) groups excluding carboxylic acids is 2. The summed E-state index contributed by atoms with van der Waals surface area (Å²) in [5.74, 6) is -0.248. The first-order chi connectivity index (χ1) is 12.6. The molecule has 0 saturated heterocycles. The summed E-state index contributed by atoms with van der Waals surface area (Å²) in [6.45, 7) is 2.06. The third-order valence-corrected chi connectivity index (χ3v) is 4.48. The zero-order chi connectivity index (χ0) is 18.4. The number of hydrogen-bond acceptors (Lipinski definition) is 5. The summed E-state index contributed by atoms with van der Waals surface area (Å²) in [6, 6.07) is 14.2. The van der Waals surface area contributed by atoms with Gasteiger partial charge in [-0.05, 0) is 31.2 Å². The average Bonchev–Trinajstić information content (AvgIpc) is 3.01. The van der Waals surface area contributed by atoms with Crippen LogP contribution in [0.15, 0.2) is 54.7 Å². The molecule has 8 heteroatoms. The monoisotopic (exact) mass is 367 g/mol. The van der Waals surface area contributed by atoms with Crippen molar-refractivity contribution >= 4 is 34.1 Å². The predicted octanol–water partition coefficient (Wildman–Crippen LogP) is 3.42. The molecule has 3 rings (SSSR count). The van der Waals surface area contributed by atoms with Crippen molar-refractivity contribution < 1.29 is 9.59 Å². The second-order valence-electron chi connectivity index (χ2n) is 5.38. The van der Waals surface area contributed by atoms with Crippen LogP contribution in [0, 0.1) is 6.92 Å². The van der Waals surface area contributed by atoms with E-state index in [4.69, 9.17) is 0 Å². The molecule has 0 aliphatic heterocycles. The van der Waals surface area contributed by atoms with Gasteiger partial charge in [0.15, 0.2) is 5.13 Å². The number of benzene rings is 1. The molecule has 0 aliphatic carbocycles. The molecular weight excluding hydrogens is 350 g/mol. The van der Waals surface area contributed by atoms with Crippen LogP contribution in [0.4, 0.5) is 15.6 Å². The van der Waals surface area contributed by atoms with E-state index >= 15 is 0 Å². The largest absolute Gasteiger partial charge is 0.346 e. The molecule has 3 amide bonds.